The molecule has 158 valence electrons. The summed E-state index contributed by atoms with van der Waals surface area (Å²) in [6.45, 7) is 5.25. The smallest absolute Gasteiger partial charge is 0.169 e. The molecule has 0 atom stereocenters. The molecule has 0 fully saturated rings. The van der Waals surface area contributed by atoms with Gasteiger partial charge >= 0.3 is 0 Å². The fourth-order valence-corrected chi connectivity index (χ4v) is 4.09. The van der Waals surface area contributed by atoms with Gasteiger partial charge in [0, 0.05) is 48.5 Å². The Labute approximate surface area is 194 Å². The van der Waals surface area contributed by atoms with E-state index in [-0.39, 0.29) is 41.8 Å². The molecule has 4 rings (SSSR count). The molecule has 5 nitrogen and oxygen atoms in total. The van der Waals surface area contributed by atoms with Crippen LogP contribution in [0.2, 0.25) is 0 Å². The summed E-state index contributed by atoms with van der Waals surface area (Å²) in [6, 6.07) is 14.1. The highest BCUT2D eigenvalue weighted by Crippen LogP contribution is 2.43. The van der Waals surface area contributed by atoms with Crippen molar-refractivity contribution in [1.29, 1.82) is 0 Å². The number of para-hydroxylation sites is 1. The first-order valence-corrected chi connectivity index (χ1v) is 10.2. The SMILES string of the molecule is CC1(C)CC(=O)c2c([nH]c(-c3cc[n+](CCCO)cc3)c2Nc2ccccc2)C1.[I-]. The number of anilines is 2. The van der Waals surface area contributed by atoms with E-state index in [1.54, 1.807) is 0 Å². The first-order chi connectivity index (χ1) is 14.0. The van der Waals surface area contributed by atoms with Crippen LogP contribution in [-0.2, 0) is 13.0 Å². The number of aliphatic hydroxyl groups is 1. The number of H-pyrrole nitrogens is 1. The van der Waals surface area contributed by atoms with Gasteiger partial charge in [-0.25, -0.2) is 4.57 Å². The molecule has 0 spiro atoms. The number of rotatable bonds is 6. The molecule has 0 saturated heterocycles. The maximum Gasteiger partial charge on any atom is 0.169 e. The van der Waals surface area contributed by atoms with Gasteiger partial charge in [-0.15, -0.1) is 0 Å². The maximum absolute atomic E-state index is 13.0. The molecule has 3 N–H and O–H groups in total. The number of carbonyl (C=O) groups excluding carboxylic acids is 1. The lowest BCUT2D eigenvalue weighted by Crippen LogP contribution is -3.00. The summed E-state index contributed by atoms with van der Waals surface area (Å²) in [4.78, 5) is 16.6. The van der Waals surface area contributed by atoms with Gasteiger partial charge < -0.3 is 39.4 Å². The third kappa shape index (κ3) is 4.75. The van der Waals surface area contributed by atoms with Crippen LogP contribution >= 0.6 is 0 Å². The summed E-state index contributed by atoms with van der Waals surface area (Å²) in [5, 5.41) is 12.5. The van der Waals surface area contributed by atoms with Crippen molar-refractivity contribution in [3.8, 4) is 11.3 Å². The Bertz CT molecular complexity index is 1010. The van der Waals surface area contributed by atoms with Gasteiger partial charge in [-0.2, -0.15) is 0 Å². The van der Waals surface area contributed by atoms with E-state index in [9.17, 15) is 4.79 Å². The van der Waals surface area contributed by atoms with Crippen molar-refractivity contribution in [2.45, 2.75) is 39.7 Å². The van der Waals surface area contributed by atoms with Crippen LogP contribution in [0.3, 0.4) is 0 Å². The van der Waals surface area contributed by atoms with Crippen molar-refractivity contribution in [3.63, 3.8) is 0 Å². The normalized spacial score (nSPS) is 14.7. The second kappa shape index (κ2) is 9.31. The zero-order valence-electron chi connectivity index (χ0n) is 17.4. The van der Waals surface area contributed by atoms with Gasteiger partial charge in [0.1, 0.15) is 0 Å². The van der Waals surface area contributed by atoms with Crippen LogP contribution in [0, 0.1) is 5.41 Å². The molecule has 1 aliphatic carbocycles. The lowest BCUT2D eigenvalue weighted by molar-refractivity contribution is -0.697. The van der Waals surface area contributed by atoms with Crippen LogP contribution < -0.4 is 33.9 Å². The van der Waals surface area contributed by atoms with Crippen LogP contribution in [0.5, 0.6) is 0 Å². The van der Waals surface area contributed by atoms with Gasteiger partial charge in [-0.3, -0.25) is 4.79 Å². The minimum absolute atomic E-state index is 0. The molecule has 0 bridgehead atoms. The van der Waals surface area contributed by atoms with Crippen molar-refractivity contribution >= 4 is 17.2 Å². The van der Waals surface area contributed by atoms with Gasteiger partial charge in [0.2, 0.25) is 0 Å². The van der Waals surface area contributed by atoms with Crippen LogP contribution in [0.15, 0.2) is 54.9 Å². The molecule has 2 aromatic heterocycles. The number of aliphatic hydroxyl groups excluding tert-OH is 1. The van der Waals surface area contributed by atoms with E-state index in [1.165, 1.54) is 0 Å². The highest BCUT2D eigenvalue weighted by molar-refractivity contribution is 6.07. The van der Waals surface area contributed by atoms with Crippen LogP contribution in [0.4, 0.5) is 11.4 Å². The number of fused-ring (bicyclic) bond motifs is 1. The van der Waals surface area contributed by atoms with E-state index < -0.39 is 0 Å². The largest absolute Gasteiger partial charge is 1.00 e. The van der Waals surface area contributed by atoms with Crippen molar-refractivity contribution in [2.24, 2.45) is 5.41 Å². The molecule has 1 aromatic carbocycles. The number of aromatic nitrogens is 2. The molecule has 0 aliphatic heterocycles. The van der Waals surface area contributed by atoms with Crippen LogP contribution in [0.1, 0.15) is 42.7 Å². The number of ketones is 1. The highest BCUT2D eigenvalue weighted by atomic mass is 127. The first-order valence-electron chi connectivity index (χ1n) is 10.2. The summed E-state index contributed by atoms with van der Waals surface area (Å²) in [5.41, 5.74) is 5.56. The van der Waals surface area contributed by atoms with Gasteiger partial charge in [0.15, 0.2) is 24.7 Å². The average Bonchev–Trinajstić information content (AvgIpc) is 3.04. The quantitative estimate of drug-likeness (QED) is 0.341. The maximum atomic E-state index is 13.0. The number of hydrogen-bond acceptors (Lipinski definition) is 3. The third-order valence-corrected chi connectivity index (χ3v) is 5.45. The molecule has 1 aliphatic rings. The van der Waals surface area contributed by atoms with Crippen molar-refractivity contribution < 1.29 is 38.4 Å². The zero-order valence-corrected chi connectivity index (χ0v) is 19.6. The van der Waals surface area contributed by atoms with Gasteiger partial charge in [-0.05, 0) is 24.0 Å². The monoisotopic (exact) mass is 517 g/mol. The number of benzene rings is 1. The Kier molecular flexibility index (Phi) is 6.98. The second-order valence-corrected chi connectivity index (χ2v) is 8.56. The Balaban J connectivity index is 0.00000256. The molecule has 6 heteroatoms. The molecule has 0 saturated carbocycles. The Morgan fingerprint density at radius 2 is 1.80 bits per heavy atom. The molecular weight excluding hydrogens is 489 g/mol. The van der Waals surface area contributed by atoms with E-state index in [4.69, 9.17) is 5.11 Å². The predicted molar refractivity (Wildman–Crippen MR) is 114 cm³/mol. The molecule has 2 heterocycles. The van der Waals surface area contributed by atoms with E-state index in [1.807, 2.05) is 42.7 Å². The van der Waals surface area contributed by atoms with Crippen molar-refractivity contribution in [2.75, 3.05) is 11.9 Å². The predicted octanol–water partition coefficient (Wildman–Crippen LogP) is 1.25. The van der Waals surface area contributed by atoms with Gasteiger partial charge in [0.25, 0.3) is 0 Å². The summed E-state index contributed by atoms with van der Waals surface area (Å²) >= 11 is 0. The molecule has 0 unspecified atom stereocenters. The zero-order chi connectivity index (χ0) is 20.4. The average molecular weight is 517 g/mol. The summed E-state index contributed by atoms with van der Waals surface area (Å²) in [6.07, 6.45) is 6.16. The third-order valence-electron chi connectivity index (χ3n) is 5.45. The Hall–Kier alpha value is -2.19. The molecule has 0 radical (unpaired) electrons. The Morgan fingerprint density at radius 1 is 1.10 bits per heavy atom. The molecule has 3 aromatic rings. The second-order valence-electron chi connectivity index (χ2n) is 8.56. The number of Topliss-reactive ketones (excluding diaryl/α,β-unsaturated/α-hetero) is 1. The number of halogens is 1. The van der Waals surface area contributed by atoms with Crippen molar-refractivity contribution in [3.05, 3.63) is 66.1 Å². The number of aromatic amines is 1. The Morgan fingerprint density at radius 3 is 2.47 bits per heavy atom. The topological polar surface area (TPSA) is 69.0 Å². The highest BCUT2D eigenvalue weighted by Gasteiger charge is 2.35. The summed E-state index contributed by atoms with van der Waals surface area (Å²) in [7, 11) is 0. The van der Waals surface area contributed by atoms with E-state index in [0.717, 1.165) is 53.3 Å². The molecule has 0 amide bonds. The van der Waals surface area contributed by atoms with E-state index >= 15 is 0 Å². The minimum Gasteiger partial charge on any atom is -1.00 e. The number of nitrogens with one attached hydrogen (secondary N) is 2. The number of nitrogens with zero attached hydrogens (tertiary/aromatic N) is 1. The van der Waals surface area contributed by atoms with Gasteiger partial charge in [0.05, 0.1) is 16.9 Å². The van der Waals surface area contributed by atoms with E-state index in [2.05, 4.69) is 40.8 Å². The number of hydrogen-bond donors (Lipinski definition) is 3. The minimum atomic E-state index is -0.0414. The lowest BCUT2D eigenvalue weighted by Gasteiger charge is -2.28. The summed E-state index contributed by atoms with van der Waals surface area (Å²) < 4.78 is 2.06. The van der Waals surface area contributed by atoms with E-state index in [0.29, 0.717) is 6.42 Å². The fraction of sp³-hybridized carbons (Fsp3) is 0.333. The summed E-state index contributed by atoms with van der Waals surface area (Å²) in [5.74, 6) is 0.186. The number of carbonyl (C=O) groups is 1. The molecule has 30 heavy (non-hydrogen) atoms. The number of pyridine rings is 1. The molecular formula is C24H28IN3O2. The van der Waals surface area contributed by atoms with Crippen molar-refractivity contribution in [1.82, 2.24) is 4.98 Å². The lowest BCUT2D eigenvalue weighted by atomic mass is 9.76. The van der Waals surface area contributed by atoms with Gasteiger partial charge in [-0.1, -0.05) is 32.0 Å². The standard InChI is InChI=1S/C24H27N3O2.HI/c1-24(2)15-19-21(20(29)16-24)23(25-18-7-4-3-5-8-18)22(26-19)17-9-12-27(13-10-17)11-6-14-28;/h3-5,7-10,12-13,28H,6,11,14-16H2,1-2H3,(H,25,26,29);1H. The first kappa shape index (κ1) is 22.5. The fourth-order valence-electron chi connectivity index (χ4n) is 4.09. The van der Waals surface area contributed by atoms with Crippen LogP contribution in [-0.4, -0.2) is 22.5 Å². The van der Waals surface area contributed by atoms with Crippen LogP contribution in [0.25, 0.3) is 11.3 Å². The number of aryl methyl sites for hydroxylation is 1.